The molecule has 0 bridgehead atoms. The van der Waals surface area contributed by atoms with Gasteiger partial charge in [-0.1, -0.05) is 6.07 Å². The summed E-state index contributed by atoms with van der Waals surface area (Å²) in [6.45, 7) is 3.52. The molecule has 1 saturated heterocycles. The van der Waals surface area contributed by atoms with Gasteiger partial charge >= 0.3 is 0 Å². The van der Waals surface area contributed by atoms with Crippen molar-refractivity contribution in [1.82, 2.24) is 10.6 Å². The molecule has 1 aliphatic rings. The normalized spacial score (nSPS) is 16.9. The minimum atomic E-state index is -3.31. The Hall–Kier alpha value is -1.40. The maximum Gasteiger partial charge on any atom is 0.251 e. The van der Waals surface area contributed by atoms with Gasteiger partial charge in [0.1, 0.15) is 0 Å². The number of carbonyl (C=O) groups excluding carboxylic acids is 1. The van der Waals surface area contributed by atoms with Crippen molar-refractivity contribution < 1.29 is 13.2 Å². The van der Waals surface area contributed by atoms with Crippen LogP contribution in [0, 0.1) is 6.92 Å². The van der Waals surface area contributed by atoms with Crippen LogP contribution in [0.2, 0.25) is 0 Å². The van der Waals surface area contributed by atoms with Gasteiger partial charge in [0.05, 0.1) is 4.90 Å². The smallest absolute Gasteiger partial charge is 0.251 e. The van der Waals surface area contributed by atoms with Crippen LogP contribution in [0.3, 0.4) is 0 Å². The molecule has 1 heterocycles. The molecule has 1 fully saturated rings. The molecular weight excluding hydrogens is 276 g/mol. The zero-order valence-electron chi connectivity index (χ0n) is 11.8. The van der Waals surface area contributed by atoms with E-state index in [0.29, 0.717) is 11.1 Å². The topological polar surface area (TPSA) is 75.3 Å². The molecular formula is C14H20N2O3S. The third-order valence-corrected chi connectivity index (χ3v) is 4.76. The van der Waals surface area contributed by atoms with Gasteiger partial charge in [-0.25, -0.2) is 8.42 Å². The molecule has 20 heavy (non-hydrogen) atoms. The Morgan fingerprint density at radius 1 is 1.30 bits per heavy atom. The lowest BCUT2D eigenvalue weighted by molar-refractivity contribution is 0.0929. The van der Waals surface area contributed by atoms with Gasteiger partial charge in [-0.05, 0) is 50.6 Å². The molecule has 1 aromatic rings. The summed E-state index contributed by atoms with van der Waals surface area (Å²) in [7, 11) is -3.31. The van der Waals surface area contributed by atoms with Crippen molar-refractivity contribution in [1.29, 1.82) is 0 Å². The van der Waals surface area contributed by atoms with E-state index in [1.807, 2.05) is 0 Å². The Morgan fingerprint density at radius 3 is 2.55 bits per heavy atom. The van der Waals surface area contributed by atoms with E-state index in [1.165, 1.54) is 6.07 Å². The molecule has 0 spiro atoms. The van der Waals surface area contributed by atoms with E-state index < -0.39 is 9.84 Å². The summed E-state index contributed by atoms with van der Waals surface area (Å²) >= 11 is 0. The molecule has 0 saturated carbocycles. The Morgan fingerprint density at radius 2 is 1.95 bits per heavy atom. The second kappa shape index (κ2) is 5.93. The zero-order valence-corrected chi connectivity index (χ0v) is 12.6. The Bertz CT molecular complexity index is 605. The SMILES string of the molecule is Cc1ccc(C(=O)NC2CCNCC2)cc1S(C)(=O)=O. The average molecular weight is 296 g/mol. The van der Waals surface area contributed by atoms with Gasteiger partial charge in [0.25, 0.3) is 5.91 Å². The first kappa shape index (κ1) is 15.0. The molecule has 110 valence electrons. The van der Waals surface area contributed by atoms with Crippen LogP contribution >= 0.6 is 0 Å². The second-order valence-corrected chi connectivity index (χ2v) is 7.23. The lowest BCUT2D eigenvalue weighted by atomic mass is 10.1. The van der Waals surface area contributed by atoms with Crippen LogP contribution in [0.25, 0.3) is 0 Å². The standard InChI is InChI=1S/C14H20N2O3S/c1-10-3-4-11(9-13(10)20(2,18)19)14(17)16-12-5-7-15-8-6-12/h3-4,9,12,15H,5-8H2,1-2H3,(H,16,17). The van der Waals surface area contributed by atoms with Crippen LogP contribution in [-0.2, 0) is 9.84 Å². The number of carbonyl (C=O) groups is 1. The summed E-state index contributed by atoms with van der Waals surface area (Å²) < 4.78 is 23.4. The Kier molecular flexibility index (Phi) is 4.45. The average Bonchev–Trinajstić information content (AvgIpc) is 2.39. The maximum atomic E-state index is 12.2. The number of aryl methyl sites for hydroxylation is 1. The predicted molar refractivity (Wildman–Crippen MR) is 77.6 cm³/mol. The highest BCUT2D eigenvalue weighted by molar-refractivity contribution is 7.90. The highest BCUT2D eigenvalue weighted by atomic mass is 32.2. The van der Waals surface area contributed by atoms with E-state index in [-0.39, 0.29) is 16.8 Å². The van der Waals surface area contributed by atoms with Crippen LogP contribution < -0.4 is 10.6 Å². The van der Waals surface area contributed by atoms with Crippen LogP contribution in [-0.4, -0.2) is 39.7 Å². The number of rotatable bonds is 3. The van der Waals surface area contributed by atoms with E-state index >= 15 is 0 Å². The van der Waals surface area contributed by atoms with Gasteiger partial charge in [-0.15, -0.1) is 0 Å². The molecule has 2 rings (SSSR count). The lowest BCUT2D eigenvalue weighted by Crippen LogP contribution is -2.42. The maximum absolute atomic E-state index is 12.2. The largest absolute Gasteiger partial charge is 0.349 e. The second-order valence-electron chi connectivity index (χ2n) is 5.25. The number of hydrogen-bond acceptors (Lipinski definition) is 4. The fourth-order valence-electron chi connectivity index (χ4n) is 2.38. The zero-order chi connectivity index (χ0) is 14.8. The van der Waals surface area contributed by atoms with Crippen LogP contribution in [0.5, 0.6) is 0 Å². The minimum Gasteiger partial charge on any atom is -0.349 e. The molecule has 5 nitrogen and oxygen atoms in total. The molecule has 0 unspecified atom stereocenters. The van der Waals surface area contributed by atoms with Crippen molar-refractivity contribution in [3.63, 3.8) is 0 Å². The first-order valence-corrected chi connectivity index (χ1v) is 8.59. The van der Waals surface area contributed by atoms with Crippen molar-refractivity contribution in [2.24, 2.45) is 0 Å². The van der Waals surface area contributed by atoms with Gasteiger partial charge in [-0.3, -0.25) is 4.79 Å². The van der Waals surface area contributed by atoms with E-state index in [4.69, 9.17) is 0 Å². The van der Waals surface area contributed by atoms with E-state index in [1.54, 1.807) is 19.1 Å². The van der Waals surface area contributed by atoms with E-state index in [9.17, 15) is 13.2 Å². The molecule has 1 aliphatic heterocycles. The summed E-state index contributed by atoms with van der Waals surface area (Å²) in [4.78, 5) is 12.4. The van der Waals surface area contributed by atoms with Gasteiger partial charge in [-0.2, -0.15) is 0 Å². The third kappa shape index (κ3) is 3.58. The monoisotopic (exact) mass is 296 g/mol. The number of benzene rings is 1. The summed E-state index contributed by atoms with van der Waals surface area (Å²) in [6.07, 6.45) is 2.96. The van der Waals surface area contributed by atoms with Gasteiger partial charge in [0.2, 0.25) is 0 Å². The number of sulfone groups is 1. The summed E-state index contributed by atoms with van der Waals surface area (Å²) in [5, 5.41) is 6.19. The highest BCUT2D eigenvalue weighted by Crippen LogP contribution is 2.17. The molecule has 0 radical (unpaired) electrons. The lowest BCUT2D eigenvalue weighted by Gasteiger charge is -2.23. The molecule has 2 N–H and O–H groups in total. The fraction of sp³-hybridized carbons (Fsp3) is 0.500. The van der Waals surface area contributed by atoms with Crippen LogP contribution in [0.4, 0.5) is 0 Å². The quantitative estimate of drug-likeness (QED) is 0.868. The van der Waals surface area contributed by atoms with Gasteiger partial charge in [0.15, 0.2) is 9.84 Å². The first-order chi connectivity index (χ1) is 9.38. The molecule has 0 atom stereocenters. The minimum absolute atomic E-state index is 0.159. The molecule has 0 aliphatic carbocycles. The summed E-state index contributed by atoms with van der Waals surface area (Å²) in [5.74, 6) is -0.207. The van der Waals surface area contributed by atoms with E-state index in [0.717, 1.165) is 32.2 Å². The van der Waals surface area contributed by atoms with E-state index in [2.05, 4.69) is 10.6 Å². The van der Waals surface area contributed by atoms with Crippen LogP contribution in [0.1, 0.15) is 28.8 Å². The summed E-state index contributed by atoms with van der Waals surface area (Å²) in [5.41, 5.74) is 1.06. The number of amides is 1. The molecule has 6 heteroatoms. The molecule has 0 aromatic heterocycles. The highest BCUT2D eigenvalue weighted by Gasteiger charge is 2.18. The van der Waals surface area contributed by atoms with Gasteiger partial charge < -0.3 is 10.6 Å². The van der Waals surface area contributed by atoms with Crippen molar-refractivity contribution >= 4 is 15.7 Å². The Balaban J connectivity index is 2.18. The fourth-order valence-corrected chi connectivity index (χ4v) is 3.37. The number of nitrogens with one attached hydrogen (secondary N) is 2. The predicted octanol–water partition coefficient (Wildman–Crippen LogP) is 0.880. The third-order valence-electron chi connectivity index (χ3n) is 3.52. The van der Waals surface area contributed by atoms with Crippen molar-refractivity contribution in [2.75, 3.05) is 19.3 Å². The molecule has 1 amide bonds. The van der Waals surface area contributed by atoms with Crippen molar-refractivity contribution in [3.8, 4) is 0 Å². The number of piperidine rings is 1. The van der Waals surface area contributed by atoms with Crippen LogP contribution in [0.15, 0.2) is 23.1 Å². The van der Waals surface area contributed by atoms with Crippen molar-refractivity contribution in [3.05, 3.63) is 29.3 Å². The summed E-state index contributed by atoms with van der Waals surface area (Å²) in [6, 6.07) is 4.96. The van der Waals surface area contributed by atoms with Crippen molar-refractivity contribution in [2.45, 2.75) is 30.7 Å². The Labute approximate surface area is 119 Å². The first-order valence-electron chi connectivity index (χ1n) is 6.70. The van der Waals surface area contributed by atoms with Gasteiger partial charge in [0, 0.05) is 17.9 Å². The molecule has 1 aromatic carbocycles. The number of hydrogen-bond donors (Lipinski definition) is 2.